The highest BCUT2D eigenvalue weighted by atomic mass is 32.2. The zero-order valence-electron chi connectivity index (χ0n) is 19.2. The van der Waals surface area contributed by atoms with Crippen LogP contribution in [0.4, 0.5) is 5.69 Å². The van der Waals surface area contributed by atoms with E-state index in [0.29, 0.717) is 30.3 Å². The van der Waals surface area contributed by atoms with E-state index in [2.05, 4.69) is 11.8 Å². The Balaban J connectivity index is 1.58. The summed E-state index contributed by atoms with van der Waals surface area (Å²) in [5.74, 6) is 1.05. The summed E-state index contributed by atoms with van der Waals surface area (Å²) in [6.45, 7) is 5.54. The molecule has 34 heavy (non-hydrogen) atoms. The minimum atomic E-state index is -3.94. The number of carbonyl (C=O) groups is 1. The second-order valence-electron chi connectivity index (χ2n) is 8.05. The number of piperazine rings is 1. The monoisotopic (exact) mass is 479 g/mol. The van der Waals surface area contributed by atoms with Crippen LogP contribution in [0.15, 0.2) is 89.8 Å². The number of ether oxygens (including phenoxy) is 1. The fraction of sp³-hybridized carbons (Fsp3) is 0.269. The fourth-order valence-electron chi connectivity index (χ4n) is 3.88. The lowest BCUT2D eigenvalue weighted by molar-refractivity contribution is -0.131. The van der Waals surface area contributed by atoms with Gasteiger partial charge in [-0.1, -0.05) is 43.3 Å². The third-order valence-corrected chi connectivity index (χ3v) is 7.67. The van der Waals surface area contributed by atoms with Crippen molar-refractivity contribution in [3.8, 4) is 11.5 Å². The molecule has 7 nitrogen and oxygen atoms in total. The number of hydrogen-bond donors (Lipinski definition) is 0. The maximum absolute atomic E-state index is 13.5. The van der Waals surface area contributed by atoms with Crippen molar-refractivity contribution in [3.63, 3.8) is 0 Å². The third kappa shape index (κ3) is 5.58. The van der Waals surface area contributed by atoms with E-state index in [0.717, 1.165) is 19.6 Å². The SMILES string of the molecule is CCN1CCN(C(=O)CN(c2ccc(Oc3ccccc3)cc2)S(=O)(=O)c2ccccc2)CC1. The quantitative estimate of drug-likeness (QED) is 0.491. The van der Waals surface area contributed by atoms with Crippen LogP contribution in [0.25, 0.3) is 0 Å². The number of amides is 1. The zero-order valence-corrected chi connectivity index (χ0v) is 20.0. The van der Waals surface area contributed by atoms with E-state index < -0.39 is 10.0 Å². The summed E-state index contributed by atoms with van der Waals surface area (Å²) in [6, 6.07) is 24.3. The molecule has 1 amide bonds. The van der Waals surface area contributed by atoms with E-state index in [9.17, 15) is 13.2 Å². The molecule has 8 heteroatoms. The lowest BCUT2D eigenvalue weighted by atomic mass is 10.2. The first-order valence-corrected chi connectivity index (χ1v) is 12.8. The van der Waals surface area contributed by atoms with E-state index in [1.165, 1.54) is 4.31 Å². The van der Waals surface area contributed by atoms with Gasteiger partial charge in [0.1, 0.15) is 18.0 Å². The average molecular weight is 480 g/mol. The number of hydrogen-bond acceptors (Lipinski definition) is 5. The van der Waals surface area contributed by atoms with Crippen molar-refractivity contribution >= 4 is 21.6 Å². The van der Waals surface area contributed by atoms with Gasteiger partial charge in [0.05, 0.1) is 10.6 Å². The van der Waals surface area contributed by atoms with Crippen molar-refractivity contribution in [3.05, 3.63) is 84.9 Å². The number of rotatable bonds is 8. The molecule has 3 aromatic carbocycles. The number of sulfonamides is 1. The van der Waals surface area contributed by atoms with Gasteiger partial charge < -0.3 is 14.5 Å². The molecular formula is C26H29N3O4S. The number of para-hydroxylation sites is 1. The lowest BCUT2D eigenvalue weighted by Crippen LogP contribution is -2.51. The van der Waals surface area contributed by atoms with Crippen molar-refractivity contribution in [2.45, 2.75) is 11.8 Å². The summed E-state index contributed by atoms with van der Waals surface area (Å²) >= 11 is 0. The van der Waals surface area contributed by atoms with Crippen LogP contribution < -0.4 is 9.04 Å². The highest BCUT2D eigenvalue weighted by Gasteiger charge is 2.30. The largest absolute Gasteiger partial charge is 0.457 e. The van der Waals surface area contributed by atoms with Crippen molar-refractivity contribution in [1.29, 1.82) is 0 Å². The molecular weight excluding hydrogens is 450 g/mol. The predicted octanol–water partition coefficient (Wildman–Crippen LogP) is 3.84. The average Bonchev–Trinajstić information content (AvgIpc) is 2.89. The van der Waals surface area contributed by atoms with Crippen molar-refractivity contribution < 1.29 is 17.9 Å². The van der Waals surface area contributed by atoms with E-state index in [1.54, 1.807) is 59.5 Å². The topological polar surface area (TPSA) is 70.2 Å². The molecule has 178 valence electrons. The van der Waals surface area contributed by atoms with Gasteiger partial charge in [0.15, 0.2) is 0 Å². The summed E-state index contributed by atoms with van der Waals surface area (Å²) < 4.78 is 34.1. The van der Waals surface area contributed by atoms with Crippen LogP contribution in [0.3, 0.4) is 0 Å². The molecule has 1 saturated heterocycles. The van der Waals surface area contributed by atoms with E-state index >= 15 is 0 Å². The maximum atomic E-state index is 13.5. The van der Waals surface area contributed by atoms with Gasteiger partial charge in [-0.05, 0) is 55.1 Å². The summed E-state index contributed by atoms with van der Waals surface area (Å²) in [4.78, 5) is 17.3. The van der Waals surface area contributed by atoms with Crippen molar-refractivity contribution in [1.82, 2.24) is 9.80 Å². The summed E-state index contributed by atoms with van der Waals surface area (Å²) in [5, 5.41) is 0. The standard InChI is InChI=1S/C26H29N3O4S/c1-2-27-17-19-28(20-18-27)26(30)21-29(34(31,32)25-11-7-4-8-12-25)22-13-15-24(16-14-22)33-23-9-5-3-6-10-23/h3-16H,2,17-21H2,1H3. The van der Waals surface area contributed by atoms with Crippen LogP contribution in [-0.2, 0) is 14.8 Å². The molecule has 0 unspecified atom stereocenters. The Morgan fingerprint density at radius 1 is 0.824 bits per heavy atom. The van der Waals surface area contributed by atoms with E-state index in [1.807, 2.05) is 30.3 Å². The van der Waals surface area contributed by atoms with Gasteiger partial charge in [-0.25, -0.2) is 8.42 Å². The zero-order chi connectivity index (χ0) is 24.0. The van der Waals surface area contributed by atoms with Crippen LogP contribution in [0, 0.1) is 0 Å². The Morgan fingerprint density at radius 2 is 1.38 bits per heavy atom. The first-order valence-electron chi connectivity index (χ1n) is 11.4. The number of carbonyl (C=O) groups excluding carboxylic acids is 1. The molecule has 0 saturated carbocycles. The van der Waals surface area contributed by atoms with Gasteiger partial charge in [-0.3, -0.25) is 9.10 Å². The fourth-order valence-corrected chi connectivity index (χ4v) is 5.31. The second-order valence-corrected chi connectivity index (χ2v) is 9.91. The summed E-state index contributed by atoms with van der Waals surface area (Å²) in [5.41, 5.74) is 0.407. The number of nitrogens with zero attached hydrogens (tertiary/aromatic N) is 3. The molecule has 0 aliphatic carbocycles. The minimum Gasteiger partial charge on any atom is -0.457 e. The Kier molecular flexibility index (Phi) is 7.49. The first kappa shape index (κ1) is 23.8. The molecule has 0 N–H and O–H groups in total. The van der Waals surface area contributed by atoms with Gasteiger partial charge >= 0.3 is 0 Å². The van der Waals surface area contributed by atoms with Gasteiger partial charge in [0.2, 0.25) is 5.91 Å². The van der Waals surface area contributed by atoms with Gasteiger partial charge in [-0.2, -0.15) is 0 Å². The number of anilines is 1. The molecule has 0 spiro atoms. The summed E-state index contributed by atoms with van der Waals surface area (Å²) in [6.07, 6.45) is 0. The Hall–Kier alpha value is -3.36. The molecule has 1 heterocycles. The highest BCUT2D eigenvalue weighted by molar-refractivity contribution is 7.92. The normalized spacial score (nSPS) is 14.6. The third-order valence-electron chi connectivity index (χ3n) is 5.89. The second kappa shape index (κ2) is 10.7. The van der Waals surface area contributed by atoms with Crippen LogP contribution in [0.1, 0.15) is 6.92 Å². The number of likely N-dealkylation sites (N-methyl/N-ethyl adjacent to an activating group) is 1. The smallest absolute Gasteiger partial charge is 0.264 e. The molecule has 3 aromatic rings. The predicted molar refractivity (Wildman–Crippen MR) is 133 cm³/mol. The van der Waals surface area contributed by atoms with Gasteiger partial charge in [-0.15, -0.1) is 0 Å². The van der Waals surface area contributed by atoms with Crippen LogP contribution in [0.5, 0.6) is 11.5 Å². The van der Waals surface area contributed by atoms with Crippen LogP contribution in [-0.4, -0.2) is 63.4 Å². The molecule has 0 aromatic heterocycles. The van der Waals surface area contributed by atoms with Gasteiger partial charge in [0.25, 0.3) is 10.0 Å². The minimum absolute atomic E-state index is 0.142. The molecule has 0 atom stereocenters. The van der Waals surface area contributed by atoms with Gasteiger partial charge in [0, 0.05) is 26.2 Å². The maximum Gasteiger partial charge on any atom is 0.264 e. The lowest BCUT2D eigenvalue weighted by Gasteiger charge is -2.35. The molecule has 1 fully saturated rings. The molecule has 1 aliphatic rings. The van der Waals surface area contributed by atoms with E-state index in [4.69, 9.17) is 4.74 Å². The first-order chi connectivity index (χ1) is 16.5. The number of benzene rings is 3. The Labute approximate surface area is 201 Å². The van der Waals surface area contributed by atoms with E-state index in [-0.39, 0.29) is 17.3 Å². The Morgan fingerprint density at radius 3 is 1.97 bits per heavy atom. The van der Waals surface area contributed by atoms with Crippen LogP contribution in [0.2, 0.25) is 0 Å². The van der Waals surface area contributed by atoms with Crippen LogP contribution >= 0.6 is 0 Å². The van der Waals surface area contributed by atoms with Crippen molar-refractivity contribution in [2.75, 3.05) is 43.6 Å². The molecule has 1 aliphatic heterocycles. The molecule has 0 bridgehead atoms. The Bertz CT molecular complexity index is 1180. The molecule has 0 radical (unpaired) electrons. The van der Waals surface area contributed by atoms with Crippen molar-refractivity contribution in [2.24, 2.45) is 0 Å². The molecule has 4 rings (SSSR count). The summed E-state index contributed by atoms with van der Waals surface area (Å²) in [7, 11) is -3.94. The highest BCUT2D eigenvalue weighted by Crippen LogP contribution is 2.28.